The fourth-order valence-electron chi connectivity index (χ4n) is 5.68. The number of ether oxygens (including phenoxy) is 4. The maximum absolute atomic E-state index is 12.5. The molecule has 0 spiro atoms. The van der Waals surface area contributed by atoms with Crippen molar-refractivity contribution in [2.45, 2.75) is 142 Å². The molecule has 2 N–H and O–H groups in total. The number of carbonyl (C=O) groups is 3. The second kappa shape index (κ2) is 27.4. The van der Waals surface area contributed by atoms with Gasteiger partial charge in [0.25, 0.3) is 0 Å². The van der Waals surface area contributed by atoms with Crippen LogP contribution in [0.15, 0.2) is 48.5 Å². The summed E-state index contributed by atoms with van der Waals surface area (Å²) in [5, 5.41) is 0. The summed E-state index contributed by atoms with van der Waals surface area (Å²) in [4.78, 5) is 36.5. The molecule has 0 aliphatic carbocycles. The molecule has 0 saturated heterocycles. The Morgan fingerprint density at radius 1 is 0.592 bits per heavy atom. The lowest BCUT2D eigenvalue weighted by atomic mass is 10.0. The topological polar surface area (TPSA) is 114 Å². The smallest absolute Gasteiger partial charge is 0.332 e. The van der Waals surface area contributed by atoms with Gasteiger partial charge in [0, 0.05) is 12.1 Å². The minimum atomic E-state index is -0.482. The lowest BCUT2D eigenvalue weighted by Gasteiger charge is -2.18. The van der Waals surface area contributed by atoms with Gasteiger partial charge in [0.1, 0.15) is 19.3 Å². The zero-order valence-electron chi connectivity index (χ0n) is 30.4. The van der Waals surface area contributed by atoms with E-state index in [1.165, 1.54) is 30.4 Å². The highest BCUT2D eigenvalue weighted by Gasteiger charge is 2.15. The summed E-state index contributed by atoms with van der Waals surface area (Å²) < 4.78 is 21.7. The van der Waals surface area contributed by atoms with Crippen molar-refractivity contribution in [3.8, 4) is 0 Å². The Morgan fingerprint density at radius 2 is 1.08 bits per heavy atom. The van der Waals surface area contributed by atoms with Crippen molar-refractivity contribution in [1.29, 1.82) is 0 Å². The van der Waals surface area contributed by atoms with Crippen molar-refractivity contribution in [3.05, 3.63) is 65.2 Å². The molecule has 0 unspecified atom stereocenters. The van der Waals surface area contributed by atoms with Crippen LogP contribution in [-0.4, -0.2) is 50.4 Å². The summed E-state index contributed by atoms with van der Waals surface area (Å²) in [6.45, 7) is 4.53. The molecule has 0 saturated carbocycles. The van der Waals surface area contributed by atoms with Gasteiger partial charge in [-0.3, -0.25) is 4.79 Å². The maximum atomic E-state index is 12.5. The van der Waals surface area contributed by atoms with Crippen LogP contribution < -0.4 is 5.73 Å². The first-order valence-electron chi connectivity index (χ1n) is 18.8. The Bertz CT molecular complexity index is 1150. The van der Waals surface area contributed by atoms with Gasteiger partial charge in [0.05, 0.1) is 13.2 Å². The summed E-state index contributed by atoms with van der Waals surface area (Å²) in [5.41, 5.74) is 10.1. The van der Waals surface area contributed by atoms with Crippen molar-refractivity contribution < 1.29 is 33.3 Å². The summed E-state index contributed by atoms with van der Waals surface area (Å²) in [7, 11) is 0. The first-order chi connectivity index (χ1) is 23.9. The van der Waals surface area contributed by atoms with Crippen LogP contribution >= 0.6 is 0 Å². The predicted molar refractivity (Wildman–Crippen MR) is 196 cm³/mol. The number of anilines is 1. The second-order valence-corrected chi connectivity index (χ2v) is 13.2. The summed E-state index contributed by atoms with van der Waals surface area (Å²) >= 11 is 0. The highest BCUT2D eigenvalue weighted by Crippen LogP contribution is 2.17. The highest BCUT2D eigenvalue weighted by atomic mass is 16.6. The van der Waals surface area contributed by atoms with Crippen LogP contribution in [0.3, 0.4) is 0 Å². The van der Waals surface area contributed by atoms with Gasteiger partial charge in [-0.15, -0.1) is 0 Å². The molecule has 0 amide bonds. The quantitative estimate of drug-likeness (QED) is 0.0392. The van der Waals surface area contributed by atoms with Gasteiger partial charge in [0.2, 0.25) is 0 Å². The number of unbranched alkanes of at least 4 members (excludes halogenated alkanes) is 10. The van der Waals surface area contributed by atoms with E-state index in [-0.39, 0.29) is 25.3 Å². The van der Waals surface area contributed by atoms with E-state index in [0.717, 1.165) is 101 Å². The molecule has 49 heavy (non-hydrogen) atoms. The molecule has 274 valence electrons. The lowest BCUT2D eigenvalue weighted by Crippen LogP contribution is -2.24. The number of nitrogen functional groups attached to an aromatic ring is 1. The molecule has 2 aromatic carbocycles. The second-order valence-electron chi connectivity index (χ2n) is 13.2. The Kier molecular flexibility index (Phi) is 23.4. The number of hydrogen-bond acceptors (Lipinski definition) is 8. The molecular formula is C41H63NO7. The van der Waals surface area contributed by atoms with Crippen molar-refractivity contribution in [1.82, 2.24) is 0 Å². The number of carbonyl (C=O) groups excluding carboxylic acids is 3. The van der Waals surface area contributed by atoms with Gasteiger partial charge < -0.3 is 24.7 Å². The van der Waals surface area contributed by atoms with E-state index in [9.17, 15) is 14.4 Å². The molecule has 0 bridgehead atoms. The Morgan fingerprint density at radius 3 is 1.67 bits per heavy atom. The van der Waals surface area contributed by atoms with Crippen LogP contribution in [0.2, 0.25) is 0 Å². The highest BCUT2D eigenvalue weighted by molar-refractivity contribution is 5.73. The predicted octanol–water partition coefficient (Wildman–Crippen LogP) is 9.03. The van der Waals surface area contributed by atoms with Gasteiger partial charge in [0.15, 0.2) is 0 Å². The van der Waals surface area contributed by atoms with E-state index in [1.807, 2.05) is 24.3 Å². The molecule has 1 atom stereocenters. The number of rotatable bonds is 29. The number of nitrogens with two attached hydrogens (primary N) is 1. The fraction of sp³-hybridized carbons (Fsp3) is 0.634. The van der Waals surface area contributed by atoms with Crippen LogP contribution in [0.5, 0.6) is 0 Å². The van der Waals surface area contributed by atoms with Crippen molar-refractivity contribution in [2.75, 3.05) is 32.2 Å². The zero-order chi connectivity index (χ0) is 35.4. The molecule has 0 fully saturated rings. The first kappa shape index (κ1) is 41.8. The Labute approximate surface area is 295 Å². The third-order valence-electron chi connectivity index (χ3n) is 8.62. The van der Waals surface area contributed by atoms with Crippen LogP contribution in [0.4, 0.5) is 5.69 Å². The van der Waals surface area contributed by atoms with Gasteiger partial charge in [-0.05, 0) is 88.0 Å². The minimum Gasteiger partial charge on any atom is -0.466 e. The molecule has 8 heteroatoms. The normalized spacial score (nSPS) is 11.6. The molecule has 2 rings (SSSR count). The maximum Gasteiger partial charge on any atom is 0.332 e. The number of aryl methyl sites for hydroxylation is 3. The van der Waals surface area contributed by atoms with Gasteiger partial charge >= 0.3 is 17.9 Å². The van der Waals surface area contributed by atoms with E-state index in [4.69, 9.17) is 24.7 Å². The molecule has 8 nitrogen and oxygen atoms in total. The SMILES string of the molecule is CCCCCC[C@H](CCCCCCCCCCC(=O)OCCCc1ccc(C)cc1)OC(=O)COCC(=O)OCCCc1ccc(N)cc1. The first-order valence-corrected chi connectivity index (χ1v) is 18.8. The lowest BCUT2D eigenvalue weighted by molar-refractivity contribution is -0.159. The van der Waals surface area contributed by atoms with Gasteiger partial charge in [-0.2, -0.15) is 0 Å². The standard InChI is InChI=1S/C41H63NO7/c1-3-4-5-12-19-38(49-41(45)33-46-32-40(44)48-31-16-18-36-26-28-37(42)29-27-36)20-13-10-8-6-7-9-11-14-21-39(43)47-30-15-17-35-24-22-34(2)23-25-35/h22-29,38H,3-21,30-33,42H2,1-2H3/t38-/m1/s1. The summed E-state index contributed by atoms with van der Waals surface area (Å²) in [5.74, 6) is -0.994. The van der Waals surface area contributed by atoms with Gasteiger partial charge in [-0.25, -0.2) is 9.59 Å². The largest absolute Gasteiger partial charge is 0.466 e. The summed E-state index contributed by atoms with van der Waals surface area (Å²) in [6, 6.07) is 16.1. The Balaban J connectivity index is 1.47. The van der Waals surface area contributed by atoms with E-state index < -0.39 is 11.9 Å². The van der Waals surface area contributed by atoms with Crippen molar-refractivity contribution >= 4 is 23.6 Å². The Hall–Kier alpha value is -3.39. The van der Waals surface area contributed by atoms with Crippen LogP contribution in [0, 0.1) is 6.92 Å². The van der Waals surface area contributed by atoms with E-state index in [1.54, 1.807) is 0 Å². The summed E-state index contributed by atoms with van der Waals surface area (Å²) in [6.07, 6.45) is 18.6. The number of hydrogen-bond donors (Lipinski definition) is 1. The number of benzene rings is 2. The van der Waals surface area contributed by atoms with Crippen LogP contribution in [0.1, 0.15) is 133 Å². The van der Waals surface area contributed by atoms with Crippen LogP contribution in [0.25, 0.3) is 0 Å². The molecule has 0 aliphatic rings. The average molecular weight is 682 g/mol. The monoisotopic (exact) mass is 681 g/mol. The third kappa shape index (κ3) is 22.8. The molecule has 0 heterocycles. The molecule has 0 radical (unpaired) electrons. The zero-order valence-corrected chi connectivity index (χ0v) is 30.4. The van der Waals surface area contributed by atoms with Gasteiger partial charge in [-0.1, -0.05) is 107 Å². The molecule has 2 aromatic rings. The minimum absolute atomic E-state index is 0.0832. The average Bonchev–Trinajstić information content (AvgIpc) is 3.09. The third-order valence-corrected chi connectivity index (χ3v) is 8.62. The van der Waals surface area contributed by atoms with E-state index >= 15 is 0 Å². The molecule has 0 aromatic heterocycles. The van der Waals surface area contributed by atoms with Crippen molar-refractivity contribution in [2.24, 2.45) is 0 Å². The van der Waals surface area contributed by atoms with Crippen LogP contribution in [-0.2, 0) is 46.2 Å². The van der Waals surface area contributed by atoms with E-state index in [0.29, 0.717) is 26.1 Å². The fourth-order valence-corrected chi connectivity index (χ4v) is 5.68. The number of esters is 3. The molecule has 0 aliphatic heterocycles. The molecular weight excluding hydrogens is 618 g/mol. The van der Waals surface area contributed by atoms with E-state index in [2.05, 4.69) is 38.1 Å². The van der Waals surface area contributed by atoms with Crippen molar-refractivity contribution in [3.63, 3.8) is 0 Å².